The van der Waals surface area contributed by atoms with Gasteiger partial charge < -0.3 is 30.3 Å². The van der Waals surface area contributed by atoms with Crippen LogP contribution in [0.2, 0.25) is 0 Å². The number of para-hydroxylation sites is 1. The fourth-order valence-corrected chi connectivity index (χ4v) is 6.52. The van der Waals surface area contributed by atoms with Gasteiger partial charge in [0.25, 0.3) is 0 Å². The van der Waals surface area contributed by atoms with Crippen molar-refractivity contribution < 1.29 is 29.3 Å². The van der Waals surface area contributed by atoms with Gasteiger partial charge in [-0.15, -0.1) is 0 Å². The number of carboxylic acids is 1. The molecule has 4 N–H and O–H groups in total. The first-order valence-electron chi connectivity index (χ1n) is 15.6. The summed E-state index contributed by atoms with van der Waals surface area (Å²) in [6.07, 6.45) is 2.99. The highest BCUT2D eigenvalue weighted by molar-refractivity contribution is 5.95. The molecule has 234 valence electrons. The van der Waals surface area contributed by atoms with Crippen molar-refractivity contribution in [1.82, 2.24) is 4.90 Å². The maximum atomic E-state index is 14.0. The van der Waals surface area contributed by atoms with Crippen molar-refractivity contribution in [1.29, 1.82) is 0 Å². The number of anilines is 1. The van der Waals surface area contributed by atoms with E-state index in [9.17, 15) is 19.8 Å². The molecule has 3 atom stereocenters. The van der Waals surface area contributed by atoms with Crippen LogP contribution < -0.4 is 20.1 Å². The van der Waals surface area contributed by atoms with Crippen LogP contribution in [0.15, 0.2) is 66.7 Å². The molecule has 2 aliphatic heterocycles. The fraction of sp³-hybridized carbons (Fsp3) is 0.429. The Hall–Kier alpha value is -3.92. The van der Waals surface area contributed by atoms with Crippen molar-refractivity contribution >= 4 is 17.6 Å². The molecule has 0 spiro atoms. The van der Waals surface area contributed by atoms with Crippen LogP contribution in [0.25, 0.3) is 0 Å². The smallest absolute Gasteiger partial charge is 0.308 e. The van der Waals surface area contributed by atoms with Crippen LogP contribution in [0, 0.1) is 5.92 Å². The molecular weight excluding hydrogens is 558 g/mol. The van der Waals surface area contributed by atoms with Gasteiger partial charge in [0, 0.05) is 49.3 Å². The van der Waals surface area contributed by atoms with Crippen LogP contribution in [0.1, 0.15) is 54.4 Å². The molecule has 1 saturated heterocycles. The quantitative estimate of drug-likeness (QED) is 0.249. The van der Waals surface area contributed by atoms with Gasteiger partial charge in [-0.1, -0.05) is 55.8 Å². The van der Waals surface area contributed by atoms with Crippen LogP contribution in [0.5, 0.6) is 11.5 Å². The zero-order valence-corrected chi connectivity index (χ0v) is 25.4. The van der Waals surface area contributed by atoms with E-state index >= 15 is 0 Å². The van der Waals surface area contributed by atoms with Crippen molar-refractivity contribution in [3.63, 3.8) is 0 Å². The number of aliphatic hydroxyl groups is 1. The minimum Gasteiger partial charge on any atom is -0.493 e. The SMILES string of the molecule is CCCCN(C(=O)CN1C[C@H](c2ccc3c(c2)CCO3)[C@@H](C(=O)O)[C@@H]1CCOc1ccccc1CO)c1cccc(CN)c1. The second-order valence-corrected chi connectivity index (χ2v) is 11.6. The number of likely N-dealkylation sites (tertiary alicyclic amines) is 1. The van der Waals surface area contributed by atoms with Crippen LogP contribution in [0.4, 0.5) is 5.69 Å². The number of rotatable bonds is 14. The fourth-order valence-electron chi connectivity index (χ4n) is 6.52. The second kappa shape index (κ2) is 14.7. The summed E-state index contributed by atoms with van der Waals surface area (Å²) in [5.74, 6) is -0.569. The molecule has 0 aromatic heterocycles. The molecule has 0 unspecified atom stereocenters. The number of ether oxygens (including phenoxy) is 2. The molecule has 5 rings (SSSR count). The lowest BCUT2D eigenvalue weighted by molar-refractivity contribution is -0.143. The van der Waals surface area contributed by atoms with Crippen molar-refractivity contribution in [2.75, 3.05) is 37.7 Å². The summed E-state index contributed by atoms with van der Waals surface area (Å²) in [5, 5.41) is 20.3. The normalized spacial score (nSPS) is 19.4. The van der Waals surface area contributed by atoms with Gasteiger partial charge in [0.1, 0.15) is 11.5 Å². The summed E-state index contributed by atoms with van der Waals surface area (Å²) < 4.78 is 11.8. The zero-order valence-electron chi connectivity index (χ0n) is 25.4. The Labute approximate surface area is 259 Å². The van der Waals surface area contributed by atoms with E-state index in [0.717, 1.165) is 47.4 Å². The molecule has 0 bridgehead atoms. The predicted molar refractivity (Wildman–Crippen MR) is 169 cm³/mol. The number of nitrogens with two attached hydrogens (primary N) is 1. The lowest BCUT2D eigenvalue weighted by Crippen LogP contribution is -2.45. The van der Waals surface area contributed by atoms with E-state index in [-0.39, 0.29) is 31.6 Å². The average molecular weight is 602 g/mol. The molecule has 9 nitrogen and oxygen atoms in total. The van der Waals surface area contributed by atoms with Crippen molar-refractivity contribution in [3.8, 4) is 11.5 Å². The number of benzene rings is 3. The van der Waals surface area contributed by atoms with Crippen LogP contribution in [0.3, 0.4) is 0 Å². The maximum absolute atomic E-state index is 14.0. The number of carboxylic acid groups (broad SMARTS) is 1. The monoisotopic (exact) mass is 601 g/mol. The summed E-state index contributed by atoms with van der Waals surface area (Å²) in [5.41, 5.74) is 10.4. The number of hydrogen-bond donors (Lipinski definition) is 3. The summed E-state index contributed by atoms with van der Waals surface area (Å²) in [6, 6.07) is 20.6. The standard InChI is InChI=1S/C35H43N3O6/c1-2-3-15-38(28-9-6-7-24(18-28)20-36)33(40)22-37-21-29(25-11-12-32-26(19-25)13-16-43-32)34(35(41)42)30(37)14-17-44-31-10-5-4-8-27(31)23-39/h4-12,18-19,29-30,34,39H,2-3,13-17,20-23,36H2,1H3,(H,41,42)/t29-,30+,34-/m1/s1. The van der Waals surface area contributed by atoms with E-state index in [1.165, 1.54) is 0 Å². The largest absolute Gasteiger partial charge is 0.493 e. The number of aliphatic hydroxyl groups excluding tert-OH is 1. The number of aliphatic carboxylic acids is 1. The van der Waals surface area contributed by atoms with Gasteiger partial charge in [-0.05, 0) is 53.8 Å². The van der Waals surface area contributed by atoms with Crippen LogP contribution in [-0.4, -0.2) is 65.9 Å². The number of hydrogen-bond acceptors (Lipinski definition) is 7. The minimum atomic E-state index is -0.888. The van der Waals surface area contributed by atoms with Gasteiger partial charge in [-0.3, -0.25) is 14.5 Å². The molecule has 9 heteroatoms. The molecule has 2 heterocycles. The molecule has 0 aliphatic carbocycles. The minimum absolute atomic E-state index is 0.0729. The molecule has 0 saturated carbocycles. The third-order valence-corrected chi connectivity index (χ3v) is 8.82. The van der Waals surface area contributed by atoms with Crippen LogP contribution >= 0.6 is 0 Å². The molecule has 0 radical (unpaired) electrons. The Morgan fingerprint density at radius 1 is 1.11 bits per heavy atom. The summed E-state index contributed by atoms with van der Waals surface area (Å²) >= 11 is 0. The maximum Gasteiger partial charge on any atom is 0.308 e. The number of carbonyl (C=O) groups excluding carboxylic acids is 1. The second-order valence-electron chi connectivity index (χ2n) is 11.6. The van der Waals surface area contributed by atoms with E-state index < -0.39 is 17.9 Å². The lowest BCUT2D eigenvalue weighted by atomic mass is 9.83. The van der Waals surface area contributed by atoms with Gasteiger partial charge in [0.15, 0.2) is 0 Å². The van der Waals surface area contributed by atoms with E-state index in [1.54, 1.807) is 12.1 Å². The molecule has 2 aliphatic rings. The number of nitrogens with zero attached hydrogens (tertiary/aromatic N) is 2. The number of carbonyl (C=O) groups is 2. The first-order valence-corrected chi connectivity index (χ1v) is 15.6. The summed E-state index contributed by atoms with van der Waals surface area (Å²) in [6.45, 7) is 4.28. The number of amides is 1. The summed E-state index contributed by atoms with van der Waals surface area (Å²) in [7, 11) is 0. The third-order valence-electron chi connectivity index (χ3n) is 8.82. The van der Waals surface area contributed by atoms with Crippen molar-refractivity contribution in [3.05, 3.63) is 89.0 Å². The lowest BCUT2D eigenvalue weighted by Gasteiger charge is -2.30. The number of unbranched alkanes of at least 4 members (excludes halogenated alkanes) is 1. The third kappa shape index (κ3) is 7.07. The van der Waals surface area contributed by atoms with E-state index in [4.69, 9.17) is 15.2 Å². The van der Waals surface area contributed by atoms with Crippen LogP contribution in [-0.2, 0) is 29.2 Å². The van der Waals surface area contributed by atoms with Gasteiger partial charge in [0.2, 0.25) is 5.91 Å². The topological polar surface area (TPSA) is 126 Å². The van der Waals surface area contributed by atoms with Gasteiger partial charge >= 0.3 is 5.97 Å². The Balaban J connectivity index is 1.42. The predicted octanol–water partition coefficient (Wildman–Crippen LogP) is 4.34. The van der Waals surface area contributed by atoms with Gasteiger partial charge in [-0.25, -0.2) is 0 Å². The Bertz CT molecular complexity index is 1450. The summed E-state index contributed by atoms with van der Waals surface area (Å²) in [4.78, 5) is 30.8. The van der Waals surface area contributed by atoms with Crippen molar-refractivity contribution in [2.24, 2.45) is 11.7 Å². The zero-order chi connectivity index (χ0) is 31.1. The Kier molecular flexibility index (Phi) is 10.5. The highest BCUT2D eigenvalue weighted by Crippen LogP contribution is 2.41. The van der Waals surface area contributed by atoms with E-state index in [1.807, 2.05) is 58.3 Å². The number of fused-ring (bicyclic) bond motifs is 1. The highest BCUT2D eigenvalue weighted by Gasteiger charge is 2.47. The Morgan fingerprint density at radius 2 is 1.95 bits per heavy atom. The molecule has 1 amide bonds. The van der Waals surface area contributed by atoms with E-state index in [0.29, 0.717) is 44.0 Å². The average Bonchev–Trinajstić information content (AvgIpc) is 3.66. The highest BCUT2D eigenvalue weighted by atomic mass is 16.5. The Morgan fingerprint density at radius 3 is 2.73 bits per heavy atom. The molecule has 1 fully saturated rings. The first kappa shape index (κ1) is 31.5. The van der Waals surface area contributed by atoms with Gasteiger partial charge in [0.05, 0.1) is 32.3 Å². The molecule has 3 aromatic rings. The molecule has 44 heavy (non-hydrogen) atoms. The molecule has 3 aromatic carbocycles. The van der Waals surface area contributed by atoms with Gasteiger partial charge in [-0.2, -0.15) is 0 Å². The first-order chi connectivity index (χ1) is 21.4. The van der Waals surface area contributed by atoms with E-state index in [2.05, 4.69) is 13.0 Å². The van der Waals surface area contributed by atoms with Crippen molar-refractivity contribution in [2.45, 2.75) is 57.7 Å². The molecular formula is C35H43N3O6.